The average molecular weight is 312 g/mol. The van der Waals surface area contributed by atoms with Gasteiger partial charge in [-0.25, -0.2) is 0 Å². The standard InChI is InChI=1S/C17H16N2O4/c18-15(17(21)22)14(16(19)20)13-9-5-1-3-7-11(9)23-12-8-4-2-6-10(12)13/h1-8,13-15H,18H2,(H2,19,20)(H,21,22)/t14?,15-/m0/s1. The zero-order valence-electron chi connectivity index (χ0n) is 12.2. The number of para-hydroxylation sites is 2. The molecule has 118 valence electrons. The molecule has 5 N–H and O–H groups in total. The van der Waals surface area contributed by atoms with Crippen LogP contribution in [0.15, 0.2) is 48.5 Å². The third-order valence-electron chi connectivity index (χ3n) is 4.09. The fourth-order valence-electron chi connectivity index (χ4n) is 3.04. The molecule has 2 aromatic carbocycles. The molecule has 0 aromatic heterocycles. The Labute approximate surface area is 132 Å². The summed E-state index contributed by atoms with van der Waals surface area (Å²) in [5.74, 6) is -2.54. The van der Waals surface area contributed by atoms with E-state index in [0.717, 1.165) is 0 Å². The Morgan fingerprint density at radius 3 is 1.91 bits per heavy atom. The summed E-state index contributed by atoms with van der Waals surface area (Å²) in [6.07, 6.45) is 0. The van der Waals surface area contributed by atoms with Gasteiger partial charge in [0.25, 0.3) is 0 Å². The summed E-state index contributed by atoms with van der Waals surface area (Å²) in [5, 5.41) is 9.26. The minimum atomic E-state index is -1.41. The first-order valence-corrected chi connectivity index (χ1v) is 7.14. The van der Waals surface area contributed by atoms with E-state index in [4.69, 9.17) is 16.2 Å². The predicted molar refractivity (Wildman–Crippen MR) is 83.1 cm³/mol. The molecule has 0 aliphatic carbocycles. The molecule has 1 unspecified atom stereocenters. The number of rotatable bonds is 4. The number of aliphatic carboxylic acids is 1. The van der Waals surface area contributed by atoms with Gasteiger partial charge < -0.3 is 21.3 Å². The average Bonchev–Trinajstić information content (AvgIpc) is 2.53. The van der Waals surface area contributed by atoms with Crippen LogP contribution >= 0.6 is 0 Å². The molecule has 0 bridgehead atoms. The van der Waals surface area contributed by atoms with E-state index in [1.165, 1.54) is 0 Å². The molecule has 0 spiro atoms. The minimum absolute atomic E-state index is 0.569. The van der Waals surface area contributed by atoms with E-state index in [2.05, 4.69) is 0 Å². The Hall–Kier alpha value is -2.86. The number of benzene rings is 2. The van der Waals surface area contributed by atoms with Crippen LogP contribution in [-0.2, 0) is 9.59 Å². The van der Waals surface area contributed by atoms with Crippen molar-refractivity contribution in [2.24, 2.45) is 17.4 Å². The quantitative estimate of drug-likeness (QED) is 0.790. The molecule has 2 atom stereocenters. The molecule has 0 radical (unpaired) electrons. The highest BCUT2D eigenvalue weighted by atomic mass is 16.5. The SMILES string of the molecule is NC(=O)C(C1c2ccccc2Oc2ccccc21)[C@H](N)C(=O)O. The van der Waals surface area contributed by atoms with Crippen molar-refractivity contribution in [1.82, 2.24) is 0 Å². The maximum atomic E-state index is 12.0. The summed E-state index contributed by atoms with van der Waals surface area (Å²) >= 11 is 0. The molecule has 2 aromatic rings. The number of amides is 1. The molecule has 6 heteroatoms. The predicted octanol–water partition coefficient (Wildman–Crippen LogP) is 1.44. The second-order valence-corrected chi connectivity index (χ2v) is 5.45. The second-order valence-electron chi connectivity index (χ2n) is 5.45. The van der Waals surface area contributed by atoms with E-state index < -0.39 is 29.8 Å². The topological polar surface area (TPSA) is 116 Å². The van der Waals surface area contributed by atoms with Gasteiger partial charge in [-0.2, -0.15) is 0 Å². The summed E-state index contributed by atoms with van der Waals surface area (Å²) in [4.78, 5) is 23.4. The highest BCUT2D eigenvalue weighted by Crippen LogP contribution is 2.47. The van der Waals surface area contributed by atoms with Gasteiger partial charge in [-0.1, -0.05) is 36.4 Å². The van der Waals surface area contributed by atoms with E-state index in [0.29, 0.717) is 22.6 Å². The van der Waals surface area contributed by atoms with Gasteiger partial charge in [0.05, 0.1) is 5.92 Å². The van der Waals surface area contributed by atoms with Crippen LogP contribution in [0.2, 0.25) is 0 Å². The first-order valence-electron chi connectivity index (χ1n) is 7.14. The van der Waals surface area contributed by atoms with Crippen LogP contribution in [0.4, 0.5) is 0 Å². The monoisotopic (exact) mass is 312 g/mol. The normalized spacial score (nSPS) is 15.7. The maximum Gasteiger partial charge on any atom is 0.321 e. The van der Waals surface area contributed by atoms with Crippen molar-refractivity contribution in [1.29, 1.82) is 0 Å². The summed E-state index contributed by atoms with van der Waals surface area (Å²) in [6, 6.07) is 12.9. The summed E-state index contributed by atoms with van der Waals surface area (Å²) in [6.45, 7) is 0. The number of hydrogen-bond donors (Lipinski definition) is 3. The molecule has 3 rings (SSSR count). The lowest BCUT2D eigenvalue weighted by atomic mass is 9.75. The molecule has 1 aliphatic heterocycles. The number of primary amides is 1. The van der Waals surface area contributed by atoms with Gasteiger partial charge in [0, 0.05) is 17.0 Å². The van der Waals surface area contributed by atoms with Crippen LogP contribution < -0.4 is 16.2 Å². The Morgan fingerprint density at radius 1 is 1.00 bits per heavy atom. The molecule has 1 heterocycles. The smallest absolute Gasteiger partial charge is 0.321 e. The Kier molecular flexibility index (Phi) is 3.75. The number of carboxylic acid groups (broad SMARTS) is 1. The number of hydrogen-bond acceptors (Lipinski definition) is 4. The van der Waals surface area contributed by atoms with Crippen molar-refractivity contribution < 1.29 is 19.4 Å². The van der Waals surface area contributed by atoms with E-state index >= 15 is 0 Å². The van der Waals surface area contributed by atoms with Crippen molar-refractivity contribution >= 4 is 11.9 Å². The van der Waals surface area contributed by atoms with Gasteiger partial charge in [-0.05, 0) is 12.1 Å². The Balaban J connectivity index is 2.20. The van der Waals surface area contributed by atoms with E-state index in [9.17, 15) is 14.7 Å². The van der Waals surface area contributed by atoms with Crippen molar-refractivity contribution in [2.75, 3.05) is 0 Å². The summed E-state index contributed by atoms with van der Waals surface area (Å²) < 4.78 is 5.84. The largest absolute Gasteiger partial charge is 0.480 e. The van der Waals surface area contributed by atoms with Crippen LogP contribution in [0.25, 0.3) is 0 Å². The lowest BCUT2D eigenvalue weighted by molar-refractivity contribution is -0.142. The second kappa shape index (κ2) is 5.73. The van der Waals surface area contributed by atoms with Crippen LogP contribution in [0.3, 0.4) is 0 Å². The van der Waals surface area contributed by atoms with E-state index in [1.54, 1.807) is 48.5 Å². The Morgan fingerprint density at radius 2 is 1.48 bits per heavy atom. The first kappa shape index (κ1) is 15.1. The molecule has 6 nitrogen and oxygen atoms in total. The third-order valence-corrected chi connectivity index (χ3v) is 4.09. The highest BCUT2D eigenvalue weighted by molar-refractivity contribution is 5.87. The Bertz CT molecular complexity index is 729. The van der Waals surface area contributed by atoms with Crippen LogP contribution in [0.1, 0.15) is 17.0 Å². The molecular weight excluding hydrogens is 296 g/mol. The fourth-order valence-corrected chi connectivity index (χ4v) is 3.04. The molecule has 1 amide bonds. The lowest BCUT2D eigenvalue weighted by Gasteiger charge is -2.33. The van der Waals surface area contributed by atoms with Gasteiger partial charge in [0.1, 0.15) is 17.5 Å². The highest BCUT2D eigenvalue weighted by Gasteiger charge is 2.41. The number of nitrogens with two attached hydrogens (primary N) is 2. The number of carbonyl (C=O) groups is 2. The molecule has 1 aliphatic rings. The van der Waals surface area contributed by atoms with Gasteiger partial charge in [0.15, 0.2) is 0 Å². The molecular formula is C17H16N2O4. The first-order chi connectivity index (χ1) is 11.0. The van der Waals surface area contributed by atoms with Crippen molar-refractivity contribution in [3.63, 3.8) is 0 Å². The minimum Gasteiger partial charge on any atom is -0.480 e. The van der Waals surface area contributed by atoms with Gasteiger partial charge in [0.2, 0.25) is 5.91 Å². The molecule has 0 fully saturated rings. The maximum absolute atomic E-state index is 12.0. The van der Waals surface area contributed by atoms with Crippen molar-refractivity contribution in [2.45, 2.75) is 12.0 Å². The third kappa shape index (κ3) is 2.53. The molecule has 0 saturated carbocycles. The van der Waals surface area contributed by atoms with Crippen LogP contribution in [0.5, 0.6) is 11.5 Å². The number of carboxylic acids is 1. The summed E-state index contributed by atoms with van der Waals surface area (Å²) in [7, 11) is 0. The number of carbonyl (C=O) groups excluding carboxylic acids is 1. The zero-order valence-corrected chi connectivity index (χ0v) is 12.2. The summed E-state index contributed by atoms with van der Waals surface area (Å²) in [5.41, 5.74) is 12.7. The molecule has 23 heavy (non-hydrogen) atoms. The molecule has 0 saturated heterocycles. The zero-order chi connectivity index (χ0) is 16.6. The van der Waals surface area contributed by atoms with Crippen LogP contribution in [0, 0.1) is 5.92 Å². The van der Waals surface area contributed by atoms with Crippen molar-refractivity contribution in [3.8, 4) is 11.5 Å². The van der Waals surface area contributed by atoms with Gasteiger partial charge in [-0.15, -0.1) is 0 Å². The van der Waals surface area contributed by atoms with E-state index in [1.807, 2.05) is 0 Å². The van der Waals surface area contributed by atoms with Crippen molar-refractivity contribution in [3.05, 3.63) is 59.7 Å². The number of ether oxygens (including phenoxy) is 1. The van der Waals surface area contributed by atoms with E-state index in [-0.39, 0.29) is 0 Å². The fraction of sp³-hybridized carbons (Fsp3) is 0.176. The van der Waals surface area contributed by atoms with Gasteiger partial charge >= 0.3 is 5.97 Å². The number of fused-ring (bicyclic) bond motifs is 2. The van der Waals surface area contributed by atoms with Gasteiger partial charge in [-0.3, -0.25) is 9.59 Å². The van der Waals surface area contributed by atoms with Crippen LogP contribution in [-0.4, -0.2) is 23.0 Å². The lowest BCUT2D eigenvalue weighted by Crippen LogP contribution is -2.48.